The molecule has 2 N–H and O–H groups in total. The largest absolute Gasteiger partial charge is 0.368 e. The van der Waals surface area contributed by atoms with Crippen LogP contribution in [0.3, 0.4) is 0 Å². The molecule has 0 bridgehead atoms. The highest BCUT2D eigenvalue weighted by atomic mass is 32.2. The Morgan fingerprint density at radius 1 is 1.59 bits per heavy atom. The number of nitrogens with zero attached hydrogens (tertiary/aromatic N) is 2. The Bertz CT molecular complexity index is 335. The van der Waals surface area contributed by atoms with Crippen molar-refractivity contribution in [2.24, 2.45) is 11.7 Å². The first-order chi connectivity index (χ1) is 8.33. The fraction of sp³-hybridized carbons (Fsp3) is 0.818. The highest BCUT2D eigenvalue weighted by Crippen LogP contribution is 2.24. The van der Waals surface area contributed by atoms with Crippen LogP contribution in [0.4, 0.5) is 0 Å². The van der Waals surface area contributed by atoms with Crippen molar-refractivity contribution >= 4 is 11.8 Å². The van der Waals surface area contributed by atoms with E-state index in [4.69, 9.17) is 15.0 Å². The van der Waals surface area contributed by atoms with Crippen molar-refractivity contribution < 1.29 is 9.26 Å². The van der Waals surface area contributed by atoms with E-state index in [1.165, 1.54) is 0 Å². The lowest BCUT2D eigenvalue weighted by Gasteiger charge is -2.18. The summed E-state index contributed by atoms with van der Waals surface area (Å²) in [7, 11) is 0. The maximum Gasteiger partial charge on any atom is 0.227 e. The van der Waals surface area contributed by atoms with E-state index < -0.39 is 0 Å². The van der Waals surface area contributed by atoms with Crippen LogP contribution < -0.4 is 5.73 Å². The molecule has 0 amide bonds. The van der Waals surface area contributed by atoms with Crippen molar-refractivity contribution in [2.75, 3.05) is 24.7 Å². The molecule has 17 heavy (non-hydrogen) atoms. The van der Waals surface area contributed by atoms with Gasteiger partial charge >= 0.3 is 0 Å². The van der Waals surface area contributed by atoms with Crippen LogP contribution >= 0.6 is 11.8 Å². The van der Waals surface area contributed by atoms with Crippen LogP contribution in [-0.2, 0) is 11.2 Å². The predicted molar refractivity (Wildman–Crippen MR) is 66.9 cm³/mol. The molecule has 0 radical (unpaired) electrons. The smallest absolute Gasteiger partial charge is 0.227 e. The minimum atomic E-state index is -0.01000. The van der Waals surface area contributed by atoms with Crippen LogP contribution in [0, 0.1) is 5.92 Å². The van der Waals surface area contributed by atoms with Gasteiger partial charge in [0.15, 0.2) is 0 Å². The number of thioether (sulfide) groups is 1. The average molecular weight is 257 g/mol. The van der Waals surface area contributed by atoms with E-state index in [9.17, 15) is 0 Å². The van der Waals surface area contributed by atoms with Gasteiger partial charge in [-0.25, -0.2) is 0 Å². The Kier molecular flexibility index (Phi) is 4.82. The molecule has 96 valence electrons. The van der Waals surface area contributed by atoms with Gasteiger partial charge in [-0.3, -0.25) is 0 Å². The molecule has 1 aliphatic rings. The van der Waals surface area contributed by atoms with Crippen LogP contribution in [0.25, 0.3) is 0 Å². The summed E-state index contributed by atoms with van der Waals surface area (Å²) in [6, 6.07) is 0. The molecule has 2 unspecified atom stereocenters. The number of hydrogen-bond donors (Lipinski definition) is 1. The van der Waals surface area contributed by atoms with Crippen molar-refractivity contribution in [3.8, 4) is 0 Å². The van der Waals surface area contributed by atoms with Crippen molar-refractivity contribution in [2.45, 2.75) is 25.9 Å². The van der Waals surface area contributed by atoms with Gasteiger partial charge in [-0.05, 0) is 12.5 Å². The van der Waals surface area contributed by atoms with Gasteiger partial charge < -0.3 is 15.0 Å². The number of rotatable bonds is 5. The van der Waals surface area contributed by atoms with E-state index in [0.29, 0.717) is 24.2 Å². The molecule has 2 heterocycles. The van der Waals surface area contributed by atoms with Crippen molar-refractivity contribution in [1.82, 2.24) is 10.1 Å². The molecule has 1 aromatic heterocycles. The molecule has 2 atom stereocenters. The Morgan fingerprint density at radius 2 is 2.47 bits per heavy atom. The van der Waals surface area contributed by atoms with Crippen LogP contribution in [0.1, 0.15) is 31.2 Å². The third-order valence-corrected chi connectivity index (χ3v) is 3.96. The van der Waals surface area contributed by atoms with E-state index in [1.54, 1.807) is 0 Å². The van der Waals surface area contributed by atoms with Gasteiger partial charge in [0, 0.05) is 17.9 Å². The number of hydrogen-bond acceptors (Lipinski definition) is 6. The van der Waals surface area contributed by atoms with E-state index in [0.717, 1.165) is 31.0 Å². The molecule has 5 nitrogen and oxygen atoms in total. The molecule has 0 aliphatic carbocycles. The number of nitrogens with two attached hydrogens (primary N) is 1. The first-order valence-electron chi connectivity index (χ1n) is 6.05. The molecular formula is C11H19N3O2S. The fourth-order valence-electron chi connectivity index (χ4n) is 1.76. The van der Waals surface area contributed by atoms with E-state index in [1.807, 2.05) is 11.8 Å². The first kappa shape index (κ1) is 12.9. The summed E-state index contributed by atoms with van der Waals surface area (Å²) < 4.78 is 10.9. The molecule has 1 fully saturated rings. The van der Waals surface area contributed by atoms with Gasteiger partial charge in [0.1, 0.15) is 6.10 Å². The maximum atomic E-state index is 5.66. The van der Waals surface area contributed by atoms with Crippen LogP contribution in [0.5, 0.6) is 0 Å². The molecule has 0 aromatic carbocycles. The second-order valence-corrected chi connectivity index (χ2v) is 5.34. The second-order valence-electron chi connectivity index (χ2n) is 4.19. The predicted octanol–water partition coefficient (Wildman–Crippen LogP) is 1.40. The number of ether oxygens (including phenoxy) is 1. The highest BCUT2D eigenvalue weighted by Gasteiger charge is 2.22. The molecule has 1 aromatic rings. The SMILES string of the molecule is CCC(CN)Cc1nc(C2CSCCO2)no1. The van der Waals surface area contributed by atoms with Crippen LogP contribution in [0.2, 0.25) is 0 Å². The zero-order valence-corrected chi connectivity index (χ0v) is 10.9. The summed E-state index contributed by atoms with van der Waals surface area (Å²) in [5.41, 5.74) is 5.66. The van der Waals surface area contributed by atoms with Gasteiger partial charge in [-0.1, -0.05) is 18.5 Å². The van der Waals surface area contributed by atoms with Gasteiger partial charge in [0.2, 0.25) is 11.7 Å². The van der Waals surface area contributed by atoms with Crippen molar-refractivity contribution in [1.29, 1.82) is 0 Å². The highest BCUT2D eigenvalue weighted by molar-refractivity contribution is 7.99. The Hall–Kier alpha value is -0.590. The fourth-order valence-corrected chi connectivity index (χ4v) is 2.60. The minimum absolute atomic E-state index is 0.01000. The molecular weight excluding hydrogens is 238 g/mol. The maximum absolute atomic E-state index is 5.66. The zero-order valence-electron chi connectivity index (χ0n) is 10.1. The van der Waals surface area contributed by atoms with E-state index in [-0.39, 0.29) is 6.10 Å². The Balaban J connectivity index is 1.94. The Labute approximate surface area is 105 Å². The summed E-state index contributed by atoms with van der Waals surface area (Å²) in [5, 5.41) is 4.00. The van der Waals surface area contributed by atoms with Gasteiger partial charge in [-0.2, -0.15) is 16.7 Å². The summed E-state index contributed by atoms with van der Waals surface area (Å²) in [6.07, 6.45) is 1.79. The van der Waals surface area contributed by atoms with Crippen LogP contribution in [-0.4, -0.2) is 34.8 Å². The van der Waals surface area contributed by atoms with Crippen molar-refractivity contribution in [3.63, 3.8) is 0 Å². The lowest BCUT2D eigenvalue weighted by molar-refractivity contribution is 0.0677. The molecule has 1 aliphatic heterocycles. The normalized spacial score (nSPS) is 22.6. The summed E-state index contributed by atoms with van der Waals surface area (Å²) >= 11 is 1.86. The molecule has 0 saturated carbocycles. The molecule has 2 rings (SSSR count). The first-order valence-corrected chi connectivity index (χ1v) is 7.20. The lowest BCUT2D eigenvalue weighted by Crippen LogP contribution is -2.17. The quantitative estimate of drug-likeness (QED) is 0.859. The molecule has 0 spiro atoms. The standard InChI is InChI=1S/C11H19N3O2S/c1-2-8(6-12)5-10-13-11(14-16-10)9-7-17-4-3-15-9/h8-9H,2-7,12H2,1H3. The molecule has 6 heteroatoms. The average Bonchev–Trinajstić information content (AvgIpc) is 2.85. The van der Waals surface area contributed by atoms with Gasteiger partial charge in [0.25, 0.3) is 0 Å². The third kappa shape index (κ3) is 3.43. The van der Waals surface area contributed by atoms with Crippen molar-refractivity contribution in [3.05, 3.63) is 11.7 Å². The second kappa shape index (κ2) is 6.37. The van der Waals surface area contributed by atoms with E-state index >= 15 is 0 Å². The summed E-state index contributed by atoms with van der Waals surface area (Å²) in [5.74, 6) is 3.74. The Morgan fingerprint density at radius 3 is 3.12 bits per heavy atom. The van der Waals surface area contributed by atoms with Crippen LogP contribution in [0.15, 0.2) is 4.52 Å². The summed E-state index contributed by atoms with van der Waals surface area (Å²) in [6.45, 7) is 3.54. The third-order valence-electron chi connectivity index (χ3n) is 2.96. The summed E-state index contributed by atoms with van der Waals surface area (Å²) in [4.78, 5) is 4.40. The van der Waals surface area contributed by atoms with E-state index in [2.05, 4.69) is 17.1 Å². The minimum Gasteiger partial charge on any atom is -0.368 e. The topological polar surface area (TPSA) is 74.2 Å². The van der Waals surface area contributed by atoms with Gasteiger partial charge in [0.05, 0.1) is 6.61 Å². The lowest BCUT2D eigenvalue weighted by atomic mass is 10.0. The zero-order chi connectivity index (χ0) is 12.1. The van der Waals surface area contributed by atoms with Gasteiger partial charge in [-0.15, -0.1) is 0 Å². The monoisotopic (exact) mass is 257 g/mol. The molecule has 1 saturated heterocycles. The number of aromatic nitrogens is 2.